The standard InChI is InChI=1S/C25H27FN6OS/c26-19-1-2-20-18(3-4-28-20)22(19)24-29-21-9-17(14-31-12-15-10-27-11-16(15)13-31)34-23(21)25(30-24)32-5-7-33-8-6-32/h1-4,9,15-16,27-28H,5-8,10-14H2. The van der Waals surface area contributed by atoms with Crippen molar-refractivity contribution in [2.24, 2.45) is 11.8 Å². The van der Waals surface area contributed by atoms with E-state index in [0.717, 1.165) is 84.6 Å². The lowest BCUT2D eigenvalue weighted by Crippen LogP contribution is -2.36. The van der Waals surface area contributed by atoms with Crippen molar-refractivity contribution in [1.29, 1.82) is 0 Å². The molecule has 0 aliphatic carbocycles. The summed E-state index contributed by atoms with van der Waals surface area (Å²) >= 11 is 1.78. The molecule has 3 aliphatic heterocycles. The maximum Gasteiger partial charge on any atom is 0.165 e. The van der Waals surface area contributed by atoms with Crippen LogP contribution in [0.5, 0.6) is 0 Å². The lowest BCUT2D eigenvalue weighted by Gasteiger charge is -2.28. The van der Waals surface area contributed by atoms with Crippen molar-refractivity contribution in [2.45, 2.75) is 6.54 Å². The van der Waals surface area contributed by atoms with Crippen LogP contribution in [0.2, 0.25) is 0 Å². The normalized spacial score (nSPS) is 23.4. The number of anilines is 1. The Balaban J connectivity index is 1.32. The van der Waals surface area contributed by atoms with Gasteiger partial charge in [-0.3, -0.25) is 4.90 Å². The highest BCUT2D eigenvalue weighted by Gasteiger charge is 2.36. The fourth-order valence-electron chi connectivity index (χ4n) is 5.78. The lowest BCUT2D eigenvalue weighted by molar-refractivity contribution is 0.122. The number of halogens is 1. The molecule has 3 fully saturated rings. The highest BCUT2D eigenvalue weighted by atomic mass is 32.1. The van der Waals surface area contributed by atoms with E-state index in [4.69, 9.17) is 14.7 Å². The molecule has 176 valence electrons. The van der Waals surface area contributed by atoms with E-state index in [1.54, 1.807) is 17.4 Å². The molecule has 0 saturated carbocycles. The van der Waals surface area contributed by atoms with Crippen molar-refractivity contribution in [1.82, 2.24) is 25.2 Å². The van der Waals surface area contributed by atoms with Crippen LogP contribution in [-0.4, -0.2) is 72.3 Å². The molecular formula is C25H27FN6OS. The average molecular weight is 479 g/mol. The summed E-state index contributed by atoms with van der Waals surface area (Å²) in [7, 11) is 0. The van der Waals surface area contributed by atoms with Crippen molar-refractivity contribution < 1.29 is 9.13 Å². The number of benzene rings is 1. The molecule has 0 amide bonds. The van der Waals surface area contributed by atoms with Gasteiger partial charge in [-0.25, -0.2) is 14.4 Å². The monoisotopic (exact) mass is 478 g/mol. The first-order chi connectivity index (χ1) is 16.7. The Labute approximate surface area is 200 Å². The third-order valence-corrected chi connectivity index (χ3v) is 8.57. The van der Waals surface area contributed by atoms with Gasteiger partial charge in [0.1, 0.15) is 5.82 Å². The SMILES string of the molecule is Fc1ccc2[nH]ccc2c1-c1nc(N2CCOCC2)c2sc(CN3CC4CNCC4C3)cc2n1. The number of hydrogen-bond donors (Lipinski definition) is 2. The van der Waals surface area contributed by atoms with Crippen molar-refractivity contribution >= 4 is 38.3 Å². The van der Waals surface area contributed by atoms with Gasteiger partial charge in [-0.1, -0.05) is 0 Å². The molecule has 0 radical (unpaired) electrons. The largest absolute Gasteiger partial charge is 0.378 e. The Kier molecular flexibility index (Phi) is 5.05. The molecule has 3 aliphatic rings. The molecular weight excluding hydrogens is 451 g/mol. The van der Waals surface area contributed by atoms with E-state index in [1.807, 2.05) is 12.3 Å². The van der Waals surface area contributed by atoms with Gasteiger partial charge < -0.3 is 19.9 Å². The Morgan fingerprint density at radius 2 is 1.91 bits per heavy atom. The number of aromatic amines is 1. The highest BCUT2D eigenvalue weighted by molar-refractivity contribution is 7.19. The van der Waals surface area contributed by atoms with E-state index in [2.05, 4.69) is 26.2 Å². The molecule has 4 aromatic rings. The third-order valence-electron chi connectivity index (χ3n) is 7.47. The Morgan fingerprint density at radius 1 is 1.09 bits per heavy atom. The number of nitrogens with zero attached hydrogens (tertiary/aromatic N) is 4. The van der Waals surface area contributed by atoms with Gasteiger partial charge in [0.25, 0.3) is 0 Å². The Hall–Kier alpha value is -2.59. The summed E-state index contributed by atoms with van der Waals surface area (Å²) in [6, 6.07) is 7.35. The predicted octanol–water partition coefficient (Wildman–Crippen LogP) is 3.47. The first-order valence-corrected chi connectivity index (χ1v) is 12.9. The molecule has 6 heterocycles. The average Bonchev–Trinajstić information content (AvgIpc) is 3.62. The van der Waals surface area contributed by atoms with Crippen LogP contribution >= 0.6 is 11.3 Å². The minimum atomic E-state index is -0.299. The number of morpholine rings is 1. The molecule has 3 saturated heterocycles. The quantitative estimate of drug-likeness (QED) is 0.468. The highest BCUT2D eigenvalue weighted by Crippen LogP contribution is 2.38. The molecule has 0 spiro atoms. The molecule has 2 atom stereocenters. The summed E-state index contributed by atoms with van der Waals surface area (Å²) in [5.74, 6) is 2.59. The molecule has 2 N–H and O–H groups in total. The van der Waals surface area contributed by atoms with Gasteiger partial charge >= 0.3 is 0 Å². The molecule has 7 nitrogen and oxygen atoms in total. The van der Waals surface area contributed by atoms with Gasteiger partial charge in [-0.2, -0.15) is 0 Å². The number of nitrogens with one attached hydrogen (secondary N) is 2. The van der Waals surface area contributed by atoms with Gasteiger partial charge in [0.05, 0.1) is 29.0 Å². The van der Waals surface area contributed by atoms with Crippen molar-refractivity contribution in [2.75, 3.05) is 57.4 Å². The molecule has 7 rings (SSSR count). The maximum absolute atomic E-state index is 15.1. The van der Waals surface area contributed by atoms with E-state index >= 15 is 4.39 Å². The van der Waals surface area contributed by atoms with Crippen LogP contribution in [-0.2, 0) is 11.3 Å². The maximum atomic E-state index is 15.1. The fourth-order valence-corrected chi connectivity index (χ4v) is 6.93. The number of hydrogen-bond acceptors (Lipinski definition) is 7. The fraction of sp³-hybridized carbons (Fsp3) is 0.440. The summed E-state index contributed by atoms with van der Waals surface area (Å²) < 4.78 is 21.8. The summed E-state index contributed by atoms with van der Waals surface area (Å²) in [5.41, 5.74) is 2.25. The zero-order valence-corrected chi connectivity index (χ0v) is 19.7. The third kappa shape index (κ3) is 3.50. The minimum absolute atomic E-state index is 0.299. The van der Waals surface area contributed by atoms with Crippen molar-refractivity contribution in [3.05, 3.63) is 41.2 Å². The van der Waals surface area contributed by atoms with E-state index in [0.29, 0.717) is 24.6 Å². The second kappa shape index (κ2) is 8.27. The second-order valence-corrected chi connectivity index (χ2v) is 10.8. The number of rotatable bonds is 4. The van der Waals surface area contributed by atoms with Gasteiger partial charge in [0, 0.05) is 54.7 Å². The molecule has 34 heavy (non-hydrogen) atoms. The zero-order chi connectivity index (χ0) is 22.6. The Bertz CT molecular complexity index is 1350. The van der Waals surface area contributed by atoms with E-state index in [1.165, 1.54) is 10.9 Å². The van der Waals surface area contributed by atoms with Crippen LogP contribution in [0.4, 0.5) is 10.2 Å². The first-order valence-electron chi connectivity index (χ1n) is 12.0. The smallest absolute Gasteiger partial charge is 0.165 e. The number of likely N-dealkylation sites (tertiary alicyclic amines) is 1. The van der Waals surface area contributed by atoms with E-state index in [9.17, 15) is 0 Å². The van der Waals surface area contributed by atoms with Crippen LogP contribution in [0, 0.1) is 17.7 Å². The van der Waals surface area contributed by atoms with Crippen LogP contribution in [0.3, 0.4) is 0 Å². The molecule has 0 bridgehead atoms. The number of ether oxygens (including phenoxy) is 1. The van der Waals surface area contributed by atoms with Gasteiger partial charge in [0.2, 0.25) is 0 Å². The van der Waals surface area contributed by atoms with Crippen LogP contribution in [0.1, 0.15) is 4.88 Å². The molecule has 1 aromatic carbocycles. The topological polar surface area (TPSA) is 69.3 Å². The van der Waals surface area contributed by atoms with Crippen LogP contribution < -0.4 is 10.2 Å². The zero-order valence-electron chi connectivity index (χ0n) is 18.9. The molecule has 9 heteroatoms. The van der Waals surface area contributed by atoms with Crippen LogP contribution in [0.25, 0.3) is 32.5 Å². The molecule has 3 aromatic heterocycles. The summed E-state index contributed by atoms with van der Waals surface area (Å²) in [5, 5.41) is 4.33. The van der Waals surface area contributed by atoms with Gasteiger partial charge in [-0.05, 0) is 49.2 Å². The first kappa shape index (κ1) is 20.8. The van der Waals surface area contributed by atoms with Crippen LogP contribution in [0.15, 0.2) is 30.5 Å². The number of fused-ring (bicyclic) bond motifs is 3. The van der Waals surface area contributed by atoms with E-state index in [-0.39, 0.29) is 5.82 Å². The second-order valence-electron chi connectivity index (χ2n) is 9.63. The molecule has 2 unspecified atom stereocenters. The van der Waals surface area contributed by atoms with E-state index < -0.39 is 0 Å². The summed E-state index contributed by atoms with van der Waals surface area (Å²) in [4.78, 5) is 19.2. The number of H-pyrrole nitrogens is 1. The van der Waals surface area contributed by atoms with Crippen molar-refractivity contribution in [3.63, 3.8) is 0 Å². The number of thiophene rings is 1. The summed E-state index contributed by atoms with van der Waals surface area (Å²) in [6.07, 6.45) is 1.83. The predicted molar refractivity (Wildman–Crippen MR) is 133 cm³/mol. The number of aromatic nitrogens is 3. The van der Waals surface area contributed by atoms with Gasteiger partial charge in [-0.15, -0.1) is 11.3 Å². The minimum Gasteiger partial charge on any atom is -0.378 e. The Morgan fingerprint density at radius 3 is 2.74 bits per heavy atom. The lowest BCUT2D eigenvalue weighted by atomic mass is 10.0. The van der Waals surface area contributed by atoms with Crippen molar-refractivity contribution in [3.8, 4) is 11.4 Å². The van der Waals surface area contributed by atoms with Gasteiger partial charge in [0.15, 0.2) is 11.6 Å². The summed E-state index contributed by atoms with van der Waals surface area (Å²) in [6.45, 7) is 8.42.